The van der Waals surface area contributed by atoms with Gasteiger partial charge in [0.25, 0.3) is 0 Å². The highest BCUT2D eigenvalue weighted by molar-refractivity contribution is 4.96. The zero-order chi connectivity index (χ0) is 11.8. The van der Waals surface area contributed by atoms with Gasteiger partial charge in [-0.3, -0.25) is 0 Å². The molecule has 1 N–H and O–H groups in total. The fourth-order valence-electron chi connectivity index (χ4n) is 4.06. The van der Waals surface area contributed by atoms with Crippen molar-refractivity contribution >= 4 is 0 Å². The number of nitrogens with zero attached hydrogens (tertiary/aromatic N) is 2. The number of nitrogens with one attached hydrogen (secondary N) is 1. The first kappa shape index (κ1) is 11.9. The summed E-state index contributed by atoms with van der Waals surface area (Å²) in [6, 6.07) is 3.34. The normalized spacial score (nSPS) is 40.1. The third-order valence-corrected chi connectivity index (χ3v) is 5.29. The Morgan fingerprint density at radius 3 is 2.12 bits per heavy atom. The maximum absolute atomic E-state index is 3.75. The van der Waals surface area contributed by atoms with Gasteiger partial charge in [0.05, 0.1) is 0 Å². The minimum atomic E-state index is 0.826. The summed E-state index contributed by atoms with van der Waals surface area (Å²) < 4.78 is 0. The summed E-state index contributed by atoms with van der Waals surface area (Å²) >= 11 is 0. The third kappa shape index (κ3) is 2.51. The Hall–Kier alpha value is -0.120. The van der Waals surface area contributed by atoms with E-state index in [0.29, 0.717) is 0 Å². The van der Waals surface area contributed by atoms with Crippen LogP contribution in [0.5, 0.6) is 0 Å². The summed E-state index contributed by atoms with van der Waals surface area (Å²) in [7, 11) is 4.63. The molecular formula is C14H27N3. The number of likely N-dealkylation sites (tertiary alicyclic amines) is 1. The van der Waals surface area contributed by atoms with Gasteiger partial charge in [-0.2, -0.15) is 0 Å². The van der Waals surface area contributed by atoms with E-state index in [0.717, 1.165) is 24.2 Å². The van der Waals surface area contributed by atoms with E-state index < -0.39 is 0 Å². The van der Waals surface area contributed by atoms with Crippen molar-refractivity contribution in [1.29, 1.82) is 0 Å². The molecule has 3 nitrogen and oxygen atoms in total. The molecule has 0 aliphatic carbocycles. The first-order chi connectivity index (χ1) is 8.22. The predicted octanol–water partition coefficient (Wildman–Crippen LogP) is 1.30. The molecule has 0 aromatic heterocycles. The van der Waals surface area contributed by atoms with Crippen LogP contribution < -0.4 is 5.32 Å². The van der Waals surface area contributed by atoms with Crippen molar-refractivity contribution < 1.29 is 0 Å². The van der Waals surface area contributed by atoms with Gasteiger partial charge in [0.15, 0.2) is 0 Å². The van der Waals surface area contributed by atoms with Crippen molar-refractivity contribution in [3.8, 4) is 0 Å². The molecule has 0 saturated carbocycles. The van der Waals surface area contributed by atoms with Crippen molar-refractivity contribution in [2.45, 2.75) is 62.7 Å². The minimum absolute atomic E-state index is 0.826. The molecule has 3 fully saturated rings. The van der Waals surface area contributed by atoms with Crippen LogP contribution in [0, 0.1) is 0 Å². The monoisotopic (exact) mass is 237 g/mol. The smallest absolute Gasteiger partial charge is 0.0125 e. The topological polar surface area (TPSA) is 18.5 Å². The second-order valence-electron chi connectivity index (χ2n) is 6.46. The average Bonchev–Trinajstić information content (AvgIpc) is 2.68. The van der Waals surface area contributed by atoms with Gasteiger partial charge in [-0.15, -0.1) is 0 Å². The molecule has 3 aliphatic heterocycles. The van der Waals surface area contributed by atoms with Crippen LogP contribution in [0.2, 0.25) is 0 Å². The quantitative estimate of drug-likeness (QED) is 0.781. The molecule has 2 bridgehead atoms. The van der Waals surface area contributed by atoms with E-state index in [1.807, 2.05) is 0 Å². The number of piperidine rings is 2. The van der Waals surface area contributed by atoms with E-state index in [2.05, 4.69) is 29.2 Å². The molecule has 0 spiro atoms. The number of fused-ring (bicyclic) bond motifs is 2. The first-order valence-corrected chi connectivity index (χ1v) is 7.39. The lowest BCUT2D eigenvalue weighted by Gasteiger charge is -2.42. The number of hydrogen-bond donors (Lipinski definition) is 1. The van der Waals surface area contributed by atoms with Crippen LogP contribution >= 0.6 is 0 Å². The molecule has 3 rings (SSSR count). The largest absolute Gasteiger partial charge is 0.311 e. The van der Waals surface area contributed by atoms with E-state index in [9.17, 15) is 0 Å². The maximum atomic E-state index is 3.75. The van der Waals surface area contributed by atoms with Crippen LogP contribution in [0.25, 0.3) is 0 Å². The summed E-state index contributed by atoms with van der Waals surface area (Å²) in [4.78, 5) is 5.19. The van der Waals surface area contributed by atoms with Crippen molar-refractivity contribution in [3.05, 3.63) is 0 Å². The van der Waals surface area contributed by atoms with Crippen molar-refractivity contribution in [1.82, 2.24) is 15.1 Å². The minimum Gasteiger partial charge on any atom is -0.311 e. The second-order valence-corrected chi connectivity index (χ2v) is 6.46. The number of hydrogen-bond acceptors (Lipinski definition) is 3. The molecule has 2 atom stereocenters. The van der Waals surface area contributed by atoms with Crippen LogP contribution in [0.1, 0.15) is 38.5 Å². The van der Waals surface area contributed by atoms with Crippen LogP contribution in [0.15, 0.2) is 0 Å². The van der Waals surface area contributed by atoms with E-state index >= 15 is 0 Å². The Balaban J connectivity index is 1.56. The molecular weight excluding hydrogens is 210 g/mol. The van der Waals surface area contributed by atoms with Crippen LogP contribution in [0.4, 0.5) is 0 Å². The van der Waals surface area contributed by atoms with Gasteiger partial charge in [0.1, 0.15) is 0 Å². The summed E-state index contributed by atoms with van der Waals surface area (Å²) in [6.07, 6.45) is 8.35. The van der Waals surface area contributed by atoms with E-state index in [4.69, 9.17) is 0 Å². The third-order valence-electron chi connectivity index (χ3n) is 5.29. The first-order valence-electron chi connectivity index (χ1n) is 7.39. The molecule has 0 aromatic carbocycles. The molecule has 3 heterocycles. The Labute approximate surface area is 106 Å². The lowest BCUT2D eigenvalue weighted by atomic mass is 9.94. The van der Waals surface area contributed by atoms with Crippen molar-refractivity contribution in [2.24, 2.45) is 0 Å². The van der Waals surface area contributed by atoms with Gasteiger partial charge in [-0.1, -0.05) is 0 Å². The van der Waals surface area contributed by atoms with E-state index in [1.165, 1.54) is 51.6 Å². The fraction of sp³-hybridized carbons (Fsp3) is 1.00. The van der Waals surface area contributed by atoms with Gasteiger partial charge >= 0.3 is 0 Å². The molecule has 17 heavy (non-hydrogen) atoms. The summed E-state index contributed by atoms with van der Waals surface area (Å²) in [5, 5.41) is 3.75. The SMILES string of the molecule is CN1CCC(N(C)C2CC3CCC(C2)N3)CC1. The van der Waals surface area contributed by atoms with Gasteiger partial charge in [-0.25, -0.2) is 0 Å². The van der Waals surface area contributed by atoms with Crippen molar-refractivity contribution in [3.63, 3.8) is 0 Å². The lowest BCUT2D eigenvalue weighted by molar-refractivity contribution is 0.0813. The highest BCUT2D eigenvalue weighted by atomic mass is 15.2. The summed E-state index contributed by atoms with van der Waals surface area (Å²) in [5.74, 6) is 0. The lowest BCUT2D eigenvalue weighted by Crippen LogP contribution is -2.52. The Kier molecular flexibility index (Phi) is 3.42. The predicted molar refractivity (Wildman–Crippen MR) is 71.2 cm³/mol. The zero-order valence-electron chi connectivity index (χ0n) is 11.4. The van der Waals surface area contributed by atoms with E-state index in [1.54, 1.807) is 0 Å². The van der Waals surface area contributed by atoms with Gasteiger partial charge in [0, 0.05) is 24.2 Å². The molecule has 2 unspecified atom stereocenters. The standard InChI is InChI=1S/C14H27N3/c1-16-7-5-13(6-8-16)17(2)14-9-11-3-4-12(10-14)15-11/h11-15H,3-10H2,1-2H3. The van der Waals surface area contributed by atoms with Crippen molar-refractivity contribution in [2.75, 3.05) is 27.2 Å². The van der Waals surface area contributed by atoms with Gasteiger partial charge < -0.3 is 15.1 Å². The Morgan fingerprint density at radius 1 is 0.941 bits per heavy atom. The molecule has 3 saturated heterocycles. The molecule has 98 valence electrons. The highest BCUT2D eigenvalue weighted by Gasteiger charge is 2.37. The van der Waals surface area contributed by atoms with Gasteiger partial charge in [0.2, 0.25) is 0 Å². The summed E-state index contributed by atoms with van der Waals surface area (Å²) in [5.41, 5.74) is 0. The maximum Gasteiger partial charge on any atom is 0.0125 e. The fourth-order valence-corrected chi connectivity index (χ4v) is 4.06. The highest BCUT2D eigenvalue weighted by Crippen LogP contribution is 2.31. The van der Waals surface area contributed by atoms with E-state index in [-0.39, 0.29) is 0 Å². The second kappa shape index (κ2) is 4.87. The average molecular weight is 237 g/mol. The Bertz CT molecular complexity index is 248. The van der Waals surface area contributed by atoms with Crippen LogP contribution in [0.3, 0.4) is 0 Å². The molecule has 0 radical (unpaired) electrons. The molecule has 0 aromatic rings. The molecule has 3 heteroatoms. The number of rotatable bonds is 2. The molecule has 3 aliphatic rings. The molecule has 0 amide bonds. The zero-order valence-corrected chi connectivity index (χ0v) is 11.4. The van der Waals surface area contributed by atoms with Gasteiger partial charge in [-0.05, 0) is 65.7 Å². The van der Waals surface area contributed by atoms with Crippen LogP contribution in [-0.2, 0) is 0 Å². The Morgan fingerprint density at radius 2 is 1.53 bits per heavy atom. The van der Waals surface area contributed by atoms with Crippen LogP contribution in [-0.4, -0.2) is 61.2 Å². The summed E-state index contributed by atoms with van der Waals surface area (Å²) in [6.45, 7) is 2.57.